The van der Waals surface area contributed by atoms with Crippen LogP contribution in [-0.4, -0.2) is 26.2 Å². The van der Waals surface area contributed by atoms with Crippen LogP contribution in [0.2, 0.25) is 0 Å². The first-order valence-corrected chi connectivity index (χ1v) is 8.39. The third kappa shape index (κ3) is 4.11. The highest BCUT2D eigenvalue weighted by molar-refractivity contribution is 5.93. The molecule has 7 heteroatoms. The predicted molar refractivity (Wildman–Crippen MR) is 96.9 cm³/mol. The van der Waals surface area contributed by atoms with E-state index in [0.29, 0.717) is 11.5 Å². The maximum atomic E-state index is 12.5. The normalized spacial score (nSPS) is 16.7. The summed E-state index contributed by atoms with van der Waals surface area (Å²) in [5, 5.41) is 9.59. The van der Waals surface area contributed by atoms with E-state index in [0.717, 1.165) is 5.56 Å². The van der Waals surface area contributed by atoms with Crippen molar-refractivity contribution in [3.8, 4) is 6.07 Å². The number of allylic oxidation sites excluding steroid dienone is 1. The summed E-state index contributed by atoms with van der Waals surface area (Å²) in [7, 11) is 2.45. The Morgan fingerprint density at radius 3 is 2.33 bits per heavy atom. The first kappa shape index (κ1) is 20.0. The van der Waals surface area contributed by atoms with Gasteiger partial charge in [0.05, 0.1) is 25.7 Å². The van der Waals surface area contributed by atoms with E-state index >= 15 is 0 Å². The molecule has 1 aliphatic rings. The molecule has 0 aromatic heterocycles. The molecular weight excluding hydrogens is 348 g/mol. The second-order valence-electron chi connectivity index (χ2n) is 6.33. The number of nitrogens with two attached hydrogens (primary N) is 1. The van der Waals surface area contributed by atoms with Crippen molar-refractivity contribution >= 4 is 11.9 Å². The molecule has 7 nitrogen and oxygen atoms in total. The van der Waals surface area contributed by atoms with E-state index in [-0.39, 0.29) is 29.2 Å². The maximum absolute atomic E-state index is 12.5. The van der Waals surface area contributed by atoms with Crippen LogP contribution < -0.4 is 5.73 Å². The molecule has 142 valence electrons. The third-order valence-electron chi connectivity index (χ3n) is 4.37. The number of carbonyl (C=O) groups excluding carboxylic acids is 2. The van der Waals surface area contributed by atoms with Crippen molar-refractivity contribution in [1.29, 1.82) is 5.26 Å². The van der Waals surface area contributed by atoms with Gasteiger partial charge in [-0.15, -0.1) is 0 Å². The van der Waals surface area contributed by atoms with Crippen molar-refractivity contribution in [3.05, 3.63) is 58.2 Å². The van der Waals surface area contributed by atoms with Gasteiger partial charge in [-0.1, -0.05) is 38.1 Å². The fraction of sp³-hybridized carbons (Fsp3) is 0.350. The van der Waals surface area contributed by atoms with Crippen LogP contribution in [0, 0.1) is 11.3 Å². The van der Waals surface area contributed by atoms with Crippen LogP contribution in [0.1, 0.15) is 43.2 Å². The molecule has 2 N–H and O–H groups in total. The summed E-state index contributed by atoms with van der Waals surface area (Å²) in [6, 6.07) is 9.52. The third-order valence-corrected chi connectivity index (χ3v) is 4.37. The molecule has 1 aromatic rings. The Morgan fingerprint density at radius 2 is 1.85 bits per heavy atom. The van der Waals surface area contributed by atoms with Crippen LogP contribution in [-0.2, 0) is 23.8 Å². The number of nitriles is 1. The van der Waals surface area contributed by atoms with Gasteiger partial charge in [0.25, 0.3) is 0 Å². The monoisotopic (exact) mass is 370 g/mol. The van der Waals surface area contributed by atoms with Gasteiger partial charge in [-0.05, 0) is 17.0 Å². The second kappa shape index (κ2) is 8.41. The summed E-state index contributed by atoms with van der Waals surface area (Å²) in [6.07, 6.45) is -0.305. The van der Waals surface area contributed by atoms with Crippen LogP contribution in [0.4, 0.5) is 0 Å². The highest BCUT2D eigenvalue weighted by Gasteiger charge is 2.38. The van der Waals surface area contributed by atoms with E-state index < -0.39 is 17.9 Å². The summed E-state index contributed by atoms with van der Waals surface area (Å²) < 4.78 is 15.0. The minimum atomic E-state index is -0.794. The van der Waals surface area contributed by atoms with E-state index in [1.54, 1.807) is 0 Å². The van der Waals surface area contributed by atoms with Gasteiger partial charge in [-0.25, -0.2) is 4.79 Å². The van der Waals surface area contributed by atoms with E-state index in [1.165, 1.54) is 14.2 Å². The quantitative estimate of drug-likeness (QED) is 0.793. The number of benzene rings is 1. The van der Waals surface area contributed by atoms with E-state index in [9.17, 15) is 14.9 Å². The zero-order chi connectivity index (χ0) is 20.1. The molecule has 0 amide bonds. The van der Waals surface area contributed by atoms with Gasteiger partial charge < -0.3 is 19.9 Å². The fourth-order valence-electron chi connectivity index (χ4n) is 2.89. The van der Waals surface area contributed by atoms with Gasteiger partial charge in [-0.3, -0.25) is 4.79 Å². The minimum Gasteiger partial charge on any atom is -0.469 e. The zero-order valence-electron chi connectivity index (χ0n) is 15.7. The molecule has 0 saturated carbocycles. The molecule has 0 unspecified atom stereocenters. The van der Waals surface area contributed by atoms with Crippen molar-refractivity contribution in [2.45, 2.75) is 32.1 Å². The molecule has 0 aliphatic carbocycles. The number of carbonyl (C=O) groups is 2. The lowest BCUT2D eigenvalue weighted by Gasteiger charge is -2.27. The van der Waals surface area contributed by atoms with Gasteiger partial charge in [0.1, 0.15) is 23.8 Å². The van der Waals surface area contributed by atoms with Crippen LogP contribution in [0.25, 0.3) is 0 Å². The smallest absolute Gasteiger partial charge is 0.338 e. The van der Waals surface area contributed by atoms with Crippen LogP contribution in [0.15, 0.2) is 47.1 Å². The lowest BCUT2D eigenvalue weighted by atomic mass is 9.82. The first-order chi connectivity index (χ1) is 12.8. The van der Waals surface area contributed by atoms with Crippen LogP contribution in [0.3, 0.4) is 0 Å². The lowest BCUT2D eigenvalue weighted by molar-refractivity contribution is -0.140. The standard InChI is InChI=1S/C20H22N2O5/c1-11(2)12-5-7-13(8-6-12)17-14(10-21)19(22)27-15(9-16(23)25-3)18(17)20(24)26-4/h5-8,11,17H,9,22H2,1-4H3/t17-/m0/s1. The van der Waals surface area contributed by atoms with Gasteiger partial charge in [0, 0.05) is 0 Å². The minimum absolute atomic E-state index is 0.0168. The molecule has 0 bridgehead atoms. The number of nitrogens with zero attached hydrogens (tertiary/aromatic N) is 1. The van der Waals surface area contributed by atoms with E-state index in [4.69, 9.17) is 15.2 Å². The maximum Gasteiger partial charge on any atom is 0.338 e. The molecule has 27 heavy (non-hydrogen) atoms. The Bertz CT molecular complexity index is 844. The number of hydrogen-bond acceptors (Lipinski definition) is 7. The van der Waals surface area contributed by atoms with Crippen molar-refractivity contribution in [1.82, 2.24) is 0 Å². The highest BCUT2D eigenvalue weighted by atomic mass is 16.5. The number of esters is 2. The van der Waals surface area contributed by atoms with Crippen molar-refractivity contribution in [3.63, 3.8) is 0 Å². The summed E-state index contributed by atoms with van der Waals surface area (Å²) in [5.74, 6) is -1.90. The van der Waals surface area contributed by atoms with Gasteiger partial charge in [-0.2, -0.15) is 5.26 Å². The molecule has 0 radical (unpaired) electrons. The SMILES string of the molecule is COC(=O)CC1=C(C(=O)OC)[C@@H](c2ccc(C(C)C)cc2)C(C#N)=C(N)O1. The Balaban J connectivity index is 2.64. The summed E-state index contributed by atoms with van der Waals surface area (Å²) in [5.41, 5.74) is 7.83. The van der Waals surface area contributed by atoms with E-state index in [1.807, 2.05) is 30.3 Å². The molecule has 1 heterocycles. The Hall–Kier alpha value is -3.27. The van der Waals surface area contributed by atoms with Crippen molar-refractivity contribution < 1.29 is 23.8 Å². The molecule has 1 aliphatic heterocycles. The number of methoxy groups -OCH3 is 2. The van der Waals surface area contributed by atoms with Crippen molar-refractivity contribution in [2.75, 3.05) is 14.2 Å². The van der Waals surface area contributed by atoms with Gasteiger partial charge in [0.2, 0.25) is 5.88 Å². The van der Waals surface area contributed by atoms with Gasteiger partial charge >= 0.3 is 11.9 Å². The molecule has 1 aromatic carbocycles. The van der Waals surface area contributed by atoms with Gasteiger partial charge in [0.15, 0.2) is 0 Å². The van der Waals surface area contributed by atoms with Crippen LogP contribution in [0.5, 0.6) is 0 Å². The number of hydrogen-bond donors (Lipinski definition) is 1. The average Bonchev–Trinajstić information content (AvgIpc) is 2.66. The van der Waals surface area contributed by atoms with Crippen molar-refractivity contribution in [2.24, 2.45) is 5.73 Å². The molecular formula is C20H22N2O5. The average molecular weight is 370 g/mol. The topological polar surface area (TPSA) is 112 Å². The number of ether oxygens (including phenoxy) is 3. The zero-order valence-corrected chi connectivity index (χ0v) is 15.7. The summed E-state index contributed by atoms with van der Waals surface area (Å²) in [4.78, 5) is 24.2. The molecule has 0 spiro atoms. The number of rotatable bonds is 5. The van der Waals surface area contributed by atoms with Crippen LogP contribution >= 0.6 is 0 Å². The molecule has 0 fully saturated rings. The highest BCUT2D eigenvalue weighted by Crippen LogP contribution is 2.40. The largest absolute Gasteiger partial charge is 0.469 e. The van der Waals surface area contributed by atoms with E-state index in [2.05, 4.69) is 18.6 Å². The lowest BCUT2D eigenvalue weighted by Crippen LogP contribution is -2.27. The first-order valence-electron chi connectivity index (χ1n) is 8.39. The summed E-state index contributed by atoms with van der Waals surface area (Å²) >= 11 is 0. The second-order valence-corrected chi connectivity index (χ2v) is 6.33. The fourth-order valence-corrected chi connectivity index (χ4v) is 2.89. The predicted octanol–water partition coefficient (Wildman–Crippen LogP) is 2.61. The molecule has 2 rings (SSSR count). The Kier molecular flexibility index (Phi) is 6.24. The Morgan fingerprint density at radius 1 is 1.22 bits per heavy atom. The molecule has 0 saturated heterocycles. The molecule has 1 atom stereocenters. The summed E-state index contributed by atoms with van der Waals surface area (Å²) in [6.45, 7) is 4.13. The Labute approximate surface area is 158 Å².